The van der Waals surface area contributed by atoms with Crippen LogP contribution in [0.2, 0.25) is 0 Å². The summed E-state index contributed by atoms with van der Waals surface area (Å²) in [6.07, 6.45) is 0. The van der Waals surface area contributed by atoms with E-state index < -0.39 is 0 Å². The summed E-state index contributed by atoms with van der Waals surface area (Å²) in [5, 5.41) is 4.85. The molecule has 0 saturated heterocycles. The van der Waals surface area contributed by atoms with Gasteiger partial charge in [0.15, 0.2) is 0 Å². The van der Waals surface area contributed by atoms with Crippen molar-refractivity contribution in [3.05, 3.63) is 40.9 Å². The number of nitrogens with one attached hydrogen (secondary N) is 1. The molecule has 0 aliphatic carbocycles. The summed E-state index contributed by atoms with van der Waals surface area (Å²) in [6, 6.07) is 11.9. The molecule has 0 spiro atoms. The largest absolute Gasteiger partial charge is 0.325 e. The Hall–Kier alpha value is -1.00. The molecule has 0 bridgehead atoms. The molecule has 2 aromatic carbocycles. The molecule has 1 N–H and O–H groups in total. The molecule has 0 heterocycles. The Kier molecular flexibility index (Phi) is 4.53. The average Bonchev–Trinajstić information content (AvgIpc) is 2.37. The van der Waals surface area contributed by atoms with Gasteiger partial charge in [-0.15, -0.1) is 0 Å². The summed E-state index contributed by atoms with van der Waals surface area (Å²) in [6.45, 7) is 3.96. The Bertz CT molecular complexity index is 612. The Labute approximate surface area is 127 Å². The SMILES string of the molecule is CC(C)C(S)C(=O)Nc1ccc2cc(Br)ccc2c1. The maximum absolute atomic E-state index is 11.9. The number of carbonyl (C=O) groups excluding carboxylic acids is 1. The molecule has 19 heavy (non-hydrogen) atoms. The number of carbonyl (C=O) groups is 1. The third kappa shape index (κ3) is 3.51. The van der Waals surface area contributed by atoms with Crippen LogP contribution in [0.15, 0.2) is 40.9 Å². The van der Waals surface area contributed by atoms with E-state index >= 15 is 0 Å². The van der Waals surface area contributed by atoms with Gasteiger partial charge in [-0.2, -0.15) is 12.6 Å². The Morgan fingerprint density at radius 2 is 1.79 bits per heavy atom. The number of hydrogen-bond donors (Lipinski definition) is 2. The molecular formula is C15H16BrNOS. The highest BCUT2D eigenvalue weighted by Crippen LogP contribution is 2.23. The fraction of sp³-hybridized carbons (Fsp3) is 0.267. The van der Waals surface area contributed by atoms with Crippen LogP contribution in [0.1, 0.15) is 13.8 Å². The number of anilines is 1. The molecule has 2 aromatic rings. The van der Waals surface area contributed by atoms with E-state index in [0.717, 1.165) is 20.9 Å². The lowest BCUT2D eigenvalue weighted by Gasteiger charge is -2.14. The summed E-state index contributed by atoms with van der Waals surface area (Å²) in [4.78, 5) is 11.9. The zero-order valence-electron chi connectivity index (χ0n) is 10.9. The van der Waals surface area contributed by atoms with Gasteiger partial charge in [0.2, 0.25) is 5.91 Å². The van der Waals surface area contributed by atoms with Crippen molar-refractivity contribution in [3.63, 3.8) is 0 Å². The number of thiol groups is 1. The minimum absolute atomic E-state index is 0.0604. The third-order valence-electron chi connectivity index (χ3n) is 2.97. The van der Waals surface area contributed by atoms with E-state index in [2.05, 4.69) is 39.9 Å². The number of halogens is 1. The second-order valence-corrected chi connectivity index (χ2v) is 6.36. The van der Waals surface area contributed by atoms with Gasteiger partial charge < -0.3 is 5.32 Å². The van der Waals surface area contributed by atoms with Gasteiger partial charge in [0.1, 0.15) is 0 Å². The molecule has 1 atom stereocenters. The van der Waals surface area contributed by atoms with Crippen molar-refractivity contribution in [1.29, 1.82) is 0 Å². The van der Waals surface area contributed by atoms with Crippen molar-refractivity contribution >= 4 is 50.9 Å². The number of amides is 1. The fourth-order valence-corrected chi connectivity index (χ4v) is 2.26. The first-order valence-corrected chi connectivity index (χ1v) is 7.46. The predicted molar refractivity (Wildman–Crippen MR) is 87.9 cm³/mol. The highest BCUT2D eigenvalue weighted by Gasteiger charge is 2.17. The zero-order valence-corrected chi connectivity index (χ0v) is 13.3. The number of hydrogen-bond acceptors (Lipinski definition) is 2. The second kappa shape index (κ2) is 5.97. The molecule has 0 saturated carbocycles. The molecule has 1 unspecified atom stereocenters. The Morgan fingerprint density at radius 3 is 2.47 bits per heavy atom. The third-order valence-corrected chi connectivity index (χ3v) is 4.29. The van der Waals surface area contributed by atoms with Crippen LogP contribution in [0, 0.1) is 5.92 Å². The Morgan fingerprint density at radius 1 is 1.16 bits per heavy atom. The van der Waals surface area contributed by atoms with E-state index in [4.69, 9.17) is 0 Å². The van der Waals surface area contributed by atoms with Crippen LogP contribution >= 0.6 is 28.6 Å². The van der Waals surface area contributed by atoms with Gasteiger partial charge in [-0.1, -0.05) is 41.9 Å². The van der Waals surface area contributed by atoms with Crippen LogP contribution in [-0.2, 0) is 4.79 Å². The molecule has 2 nitrogen and oxygen atoms in total. The normalized spacial score (nSPS) is 12.7. The van der Waals surface area contributed by atoms with Gasteiger partial charge in [0, 0.05) is 10.2 Å². The summed E-state index contributed by atoms with van der Waals surface area (Å²) in [5.74, 6) is 0.148. The number of fused-ring (bicyclic) bond motifs is 1. The average molecular weight is 338 g/mol. The maximum Gasteiger partial charge on any atom is 0.237 e. The monoisotopic (exact) mass is 337 g/mol. The molecule has 0 aliphatic rings. The standard InChI is InChI=1S/C15H16BrNOS/c1-9(2)14(19)15(18)17-13-6-4-10-7-12(16)5-3-11(10)8-13/h3-9,14,19H,1-2H3,(H,17,18). The first-order chi connectivity index (χ1) is 8.97. The van der Waals surface area contributed by atoms with Crippen LogP contribution < -0.4 is 5.32 Å². The van der Waals surface area contributed by atoms with Crippen LogP contribution in [0.4, 0.5) is 5.69 Å². The topological polar surface area (TPSA) is 29.1 Å². The number of rotatable bonds is 3. The van der Waals surface area contributed by atoms with Gasteiger partial charge in [-0.25, -0.2) is 0 Å². The highest BCUT2D eigenvalue weighted by atomic mass is 79.9. The molecule has 0 fully saturated rings. The second-order valence-electron chi connectivity index (χ2n) is 4.88. The van der Waals surface area contributed by atoms with Crippen LogP contribution in [0.5, 0.6) is 0 Å². The summed E-state index contributed by atoms with van der Waals surface area (Å²) >= 11 is 7.77. The molecule has 100 valence electrons. The lowest BCUT2D eigenvalue weighted by atomic mass is 10.1. The Balaban J connectivity index is 2.22. The van der Waals surface area contributed by atoms with Crippen LogP contribution in [-0.4, -0.2) is 11.2 Å². The smallest absolute Gasteiger partial charge is 0.237 e. The minimum Gasteiger partial charge on any atom is -0.325 e. The lowest BCUT2D eigenvalue weighted by Crippen LogP contribution is -2.27. The van der Waals surface area contributed by atoms with Gasteiger partial charge >= 0.3 is 0 Å². The van der Waals surface area contributed by atoms with Gasteiger partial charge in [0.05, 0.1) is 5.25 Å². The van der Waals surface area contributed by atoms with Gasteiger partial charge in [-0.05, 0) is 41.0 Å². The molecule has 0 aromatic heterocycles. The molecule has 0 radical (unpaired) electrons. The minimum atomic E-state index is -0.291. The quantitative estimate of drug-likeness (QED) is 0.793. The van der Waals surface area contributed by atoms with Gasteiger partial charge in [-0.3, -0.25) is 4.79 Å². The molecule has 2 rings (SSSR count). The van der Waals surface area contributed by atoms with Crippen molar-refractivity contribution in [1.82, 2.24) is 0 Å². The first kappa shape index (κ1) is 14.4. The van der Waals surface area contributed by atoms with E-state index in [1.807, 2.05) is 44.2 Å². The van der Waals surface area contributed by atoms with E-state index in [-0.39, 0.29) is 17.1 Å². The molecule has 0 aliphatic heterocycles. The summed E-state index contributed by atoms with van der Waals surface area (Å²) in [5.41, 5.74) is 0.805. The van der Waals surface area contributed by atoms with Crippen LogP contribution in [0.25, 0.3) is 10.8 Å². The molecular weight excluding hydrogens is 322 g/mol. The van der Waals surface area contributed by atoms with E-state index in [1.54, 1.807) is 0 Å². The van der Waals surface area contributed by atoms with Crippen molar-refractivity contribution in [2.24, 2.45) is 5.92 Å². The summed E-state index contributed by atoms with van der Waals surface area (Å²) in [7, 11) is 0. The lowest BCUT2D eigenvalue weighted by molar-refractivity contribution is -0.116. The summed E-state index contributed by atoms with van der Waals surface area (Å²) < 4.78 is 1.05. The maximum atomic E-state index is 11.9. The number of benzene rings is 2. The van der Waals surface area contributed by atoms with Gasteiger partial charge in [0.25, 0.3) is 0 Å². The highest BCUT2D eigenvalue weighted by molar-refractivity contribution is 9.10. The molecule has 4 heteroatoms. The first-order valence-electron chi connectivity index (χ1n) is 6.15. The zero-order chi connectivity index (χ0) is 14.0. The molecule has 1 amide bonds. The van der Waals surface area contributed by atoms with E-state index in [1.165, 1.54) is 0 Å². The van der Waals surface area contributed by atoms with E-state index in [9.17, 15) is 4.79 Å². The van der Waals surface area contributed by atoms with Crippen molar-refractivity contribution < 1.29 is 4.79 Å². The van der Waals surface area contributed by atoms with Crippen LogP contribution in [0.3, 0.4) is 0 Å². The van der Waals surface area contributed by atoms with Crippen molar-refractivity contribution in [3.8, 4) is 0 Å². The van der Waals surface area contributed by atoms with Crippen molar-refractivity contribution in [2.45, 2.75) is 19.1 Å². The fourth-order valence-electron chi connectivity index (χ4n) is 1.81. The van der Waals surface area contributed by atoms with Crippen molar-refractivity contribution in [2.75, 3.05) is 5.32 Å². The van der Waals surface area contributed by atoms with E-state index in [0.29, 0.717) is 0 Å². The predicted octanol–water partition coefficient (Wildman–Crippen LogP) is 4.50.